The zero-order chi connectivity index (χ0) is 54.3. The van der Waals surface area contributed by atoms with E-state index in [4.69, 9.17) is 15.0 Å². The van der Waals surface area contributed by atoms with E-state index < -0.39 is 0 Å². The van der Waals surface area contributed by atoms with Crippen LogP contribution in [0.1, 0.15) is 0 Å². The second kappa shape index (κ2) is 17.8. The predicted molar refractivity (Wildman–Crippen MR) is 348 cm³/mol. The molecule has 1 aromatic heterocycles. The van der Waals surface area contributed by atoms with Crippen molar-refractivity contribution >= 4 is 122 Å². The summed E-state index contributed by atoms with van der Waals surface area (Å²) in [4.78, 5) is 21.2. The molecule has 0 spiro atoms. The van der Waals surface area contributed by atoms with Crippen LogP contribution in [0.15, 0.2) is 279 Å². The molecular formula is C77H46BN5. The van der Waals surface area contributed by atoms with Gasteiger partial charge in [-0.2, -0.15) is 0 Å². The largest absolute Gasteiger partial charge is 0.311 e. The van der Waals surface area contributed by atoms with E-state index in [1.807, 2.05) is 36.4 Å². The lowest BCUT2D eigenvalue weighted by molar-refractivity contribution is 1.07. The van der Waals surface area contributed by atoms with Gasteiger partial charge in [-0.05, 0) is 152 Å². The van der Waals surface area contributed by atoms with Crippen LogP contribution in [0.4, 0.5) is 34.1 Å². The molecule has 0 saturated heterocycles. The lowest BCUT2D eigenvalue weighted by Gasteiger charge is -2.45. The standard InChI is InChI=1S/C77H46BN5/c1-5-15-47(16-6-1)49-31-37-60(38-32-49)82-64-43-57-29-27-51-23-13-25-53-35-41-62(70(57)68(51)53)72(64)78-73-63-42-36-54-26-14-24-52-28-30-58(71(63)69(52)54)44-65(73)83(61-39-33-50(34-40-61)48-17-7-2-8-18-48)67-46-59(45-66(82)74(67)78)77-80-75(55-19-9-3-10-20-55)79-76(81-77)56-21-11-4-12-22-56/h1-46H. The monoisotopic (exact) mass is 1050 g/mol. The average molecular weight is 1050 g/mol. The van der Waals surface area contributed by atoms with Gasteiger partial charge in [0.1, 0.15) is 0 Å². The molecule has 0 fully saturated rings. The summed E-state index contributed by atoms with van der Waals surface area (Å²) in [6.07, 6.45) is 0. The fourth-order valence-corrected chi connectivity index (χ4v) is 14.1. The molecule has 16 aromatic rings. The summed E-state index contributed by atoms with van der Waals surface area (Å²) >= 11 is 0. The Morgan fingerprint density at radius 3 is 0.952 bits per heavy atom. The normalized spacial score (nSPS) is 12.7. The highest BCUT2D eigenvalue weighted by Crippen LogP contribution is 2.51. The molecule has 18 rings (SSSR count). The van der Waals surface area contributed by atoms with Gasteiger partial charge in [-0.3, -0.25) is 0 Å². The van der Waals surface area contributed by atoms with Crippen LogP contribution in [-0.2, 0) is 0 Å². The van der Waals surface area contributed by atoms with Crippen LogP contribution in [0, 0.1) is 0 Å². The maximum absolute atomic E-state index is 5.47. The van der Waals surface area contributed by atoms with E-state index in [2.05, 4.69) is 252 Å². The Hall–Kier alpha value is -10.9. The van der Waals surface area contributed by atoms with Crippen LogP contribution in [0.2, 0.25) is 0 Å². The number of nitrogens with zero attached hydrogens (tertiary/aromatic N) is 5. The third-order valence-corrected chi connectivity index (χ3v) is 17.7. The Morgan fingerprint density at radius 1 is 0.229 bits per heavy atom. The number of rotatable bonds is 7. The molecule has 2 aliphatic rings. The van der Waals surface area contributed by atoms with Crippen LogP contribution >= 0.6 is 0 Å². The second-order valence-electron chi connectivity index (χ2n) is 22.2. The molecule has 83 heavy (non-hydrogen) atoms. The van der Waals surface area contributed by atoms with E-state index in [1.165, 1.54) is 92.2 Å². The number of benzene rings is 15. The van der Waals surface area contributed by atoms with Gasteiger partial charge in [-0.25, -0.2) is 15.0 Å². The van der Waals surface area contributed by atoms with E-state index in [1.54, 1.807) is 0 Å². The summed E-state index contributed by atoms with van der Waals surface area (Å²) in [5, 5.41) is 15.1. The van der Waals surface area contributed by atoms with Gasteiger partial charge < -0.3 is 9.80 Å². The molecule has 15 aromatic carbocycles. The molecule has 0 radical (unpaired) electrons. The van der Waals surface area contributed by atoms with E-state index in [0.717, 1.165) is 61.9 Å². The van der Waals surface area contributed by atoms with Gasteiger partial charge in [0.25, 0.3) is 6.71 Å². The van der Waals surface area contributed by atoms with E-state index >= 15 is 0 Å². The van der Waals surface area contributed by atoms with Crippen molar-refractivity contribution < 1.29 is 0 Å². The zero-order valence-electron chi connectivity index (χ0n) is 44.9. The van der Waals surface area contributed by atoms with Crippen LogP contribution in [0.3, 0.4) is 0 Å². The Labute approximate surface area is 479 Å². The first kappa shape index (κ1) is 45.9. The molecule has 0 N–H and O–H groups in total. The van der Waals surface area contributed by atoms with Gasteiger partial charge >= 0.3 is 0 Å². The van der Waals surface area contributed by atoms with Gasteiger partial charge in [0.2, 0.25) is 0 Å². The third-order valence-electron chi connectivity index (χ3n) is 17.7. The molecule has 0 atom stereocenters. The zero-order valence-corrected chi connectivity index (χ0v) is 44.9. The van der Waals surface area contributed by atoms with E-state index in [-0.39, 0.29) is 6.71 Å². The van der Waals surface area contributed by atoms with Crippen molar-refractivity contribution in [2.45, 2.75) is 0 Å². The fourth-order valence-electron chi connectivity index (χ4n) is 14.1. The first-order valence-electron chi connectivity index (χ1n) is 28.5. The van der Waals surface area contributed by atoms with Crippen LogP contribution in [0.5, 0.6) is 0 Å². The highest BCUT2D eigenvalue weighted by Gasteiger charge is 2.46. The predicted octanol–water partition coefficient (Wildman–Crippen LogP) is 18.1. The second-order valence-corrected chi connectivity index (χ2v) is 22.2. The summed E-state index contributed by atoms with van der Waals surface area (Å²) in [6, 6.07) is 102. The number of aromatic nitrogens is 3. The van der Waals surface area contributed by atoms with Crippen molar-refractivity contribution in [3.8, 4) is 56.4 Å². The van der Waals surface area contributed by atoms with Crippen molar-refractivity contribution in [3.63, 3.8) is 0 Å². The summed E-state index contributed by atoms with van der Waals surface area (Å²) in [6.45, 7) is -0.217. The van der Waals surface area contributed by atoms with Crippen molar-refractivity contribution in [2.24, 2.45) is 0 Å². The number of hydrogen-bond acceptors (Lipinski definition) is 5. The van der Waals surface area contributed by atoms with Crippen LogP contribution in [0.25, 0.3) is 121 Å². The maximum Gasteiger partial charge on any atom is 0.253 e. The minimum Gasteiger partial charge on any atom is -0.311 e. The van der Waals surface area contributed by atoms with Gasteiger partial charge in [0.15, 0.2) is 17.5 Å². The third kappa shape index (κ3) is 6.93. The molecule has 3 heterocycles. The first-order valence-corrected chi connectivity index (χ1v) is 28.5. The number of fused-ring (bicyclic) bond motifs is 6. The average Bonchev–Trinajstić information content (AvgIpc) is 2.16. The highest BCUT2D eigenvalue weighted by molar-refractivity contribution is 7.03. The fraction of sp³-hybridized carbons (Fsp3) is 0. The Morgan fingerprint density at radius 2 is 0.554 bits per heavy atom. The van der Waals surface area contributed by atoms with Crippen LogP contribution < -0.4 is 26.2 Å². The molecule has 2 aliphatic heterocycles. The Balaban J connectivity index is 1.00. The lowest BCUT2D eigenvalue weighted by atomic mass is 9.32. The molecule has 5 nitrogen and oxygen atoms in total. The summed E-state index contributed by atoms with van der Waals surface area (Å²) < 4.78 is 0. The summed E-state index contributed by atoms with van der Waals surface area (Å²) in [7, 11) is 0. The SMILES string of the molecule is c1ccc(-c2ccc(N3c4cc(-c5nc(-c6ccccc6)nc(-c6ccccc6)n5)cc5c4B(c4c3cc3ccc6cccc7ccc4c3c67)c3c(cc4ccc6cccc7ccc3c4c67)N5c3ccc(-c4ccccc4)cc3)cc2)cc1. The molecule has 0 amide bonds. The van der Waals surface area contributed by atoms with Crippen molar-refractivity contribution in [2.75, 3.05) is 9.80 Å². The summed E-state index contributed by atoms with van der Waals surface area (Å²) in [5.74, 6) is 1.82. The first-order chi connectivity index (χ1) is 41.1. The molecular weight excluding hydrogens is 1010 g/mol. The Bertz CT molecular complexity index is 4890. The molecule has 382 valence electrons. The van der Waals surface area contributed by atoms with Gasteiger partial charge in [-0.15, -0.1) is 0 Å². The Kier molecular flexibility index (Phi) is 9.83. The molecule has 0 unspecified atom stereocenters. The molecule has 0 bridgehead atoms. The molecule has 6 heteroatoms. The maximum atomic E-state index is 5.47. The van der Waals surface area contributed by atoms with Crippen molar-refractivity contribution in [1.29, 1.82) is 0 Å². The molecule has 0 aliphatic carbocycles. The number of anilines is 6. The number of hydrogen-bond donors (Lipinski definition) is 0. The van der Waals surface area contributed by atoms with Gasteiger partial charge in [-0.1, -0.05) is 231 Å². The highest BCUT2D eigenvalue weighted by atomic mass is 15.2. The van der Waals surface area contributed by atoms with Crippen LogP contribution in [-0.4, -0.2) is 21.7 Å². The van der Waals surface area contributed by atoms with Crippen molar-refractivity contribution in [3.05, 3.63) is 279 Å². The van der Waals surface area contributed by atoms with E-state index in [0.29, 0.717) is 17.5 Å². The van der Waals surface area contributed by atoms with Gasteiger partial charge in [0, 0.05) is 50.8 Å². The summed E-state index contributed by atoms with van der Waals surface area (Å²) in [5.41, 5.74) is 17.7. The topological polar surface area (TPSA) is 45.2 Å². The minimum atomic E-state index is -0.217. The van der Waals surface area contributed by atoms with E-state index in [9.17, 15) is 0 Å². The van der Waals surface area contributed by atoms with Crippen molar-refractivity contribution in [1.82, 2.24) is 15.0 Å². The quantitative estimate of drug-likeness (QED) is 0.118. The minimum absolute atomic E-state index is 0.217. The molecule has 0 saturated carbocycles. The lowest BCUT2D eigenvalue weighted by Crippen LogP contribution is -2.61. The smallest absolute Gasteiger partial charge is 0.253 e. The van der Waals surface area contributed by atoms with Gasteiger partial charge in [0.05, 0.1) is 0 Å².